The third kappa shape index (κ3) is 3.84. The van der Waals surface area contributed by atoms with Crippen LogP contribution in [0.2, 0.25) is 5.02 Å². The highest BCUT2D eigenvalue weighted by Gasteiger charge is 2.56. The molecule has 2 aromatic carbocycles. The van der Waals surface area contributed by atoms with Crippen molar-refractivity contribution in [1.29, 1.82) is 0 Å². The number of ether oxygens (including phenoxy) is 1. The highest BCUT2D eigenvalue weighted by atomic mass is 79.9. The summed E-state index contributed by atoms with van der Waals surface area (Å²) in [5, 5.41) is 10.9. The van der Waals surface area contributed by atoms with Crippen LogP contribution in [0.3, 0.4) is 0 Å². The van der Waals surface area contributed by atoms with Gasteiger partial charge in [0, 0.05) is 27.7 Å². The molecule has 9 heteroatoms. The molecule has 1 N–H and O–H groups in total. The number of allylic oxidation sites excluding steroid dienone is 6. The first kappa shape index (κ1) is 26.7. The Labute approximate surface area is 244 Å². The molecule has 1 aliphatic heterocycles. The van der Waals surface area contributed by atoms with Gasteiger partial charge in [0.1, 0.15) is 0 Å². The number of carbonyl (C=O) groups excluding carboxylic acids is 4. The van der Waals surface area contributed by atoms with Gasteiger partial charge in [-0.3, -0.25) is 19.2 Å². The first-order valence-corrected chi connectivity index (χ1v) is 14.1. The number of Topliss-reactive ketones (excluding diaryl/α,β-unsaturated/α-hetero) is 1. The van der Waals surface area contributed by atoms with Gasteiger partial charge in [0.15, 0.2) is 23.1 Å². The molecule has 0 aromatic heterocycles. The number of rotatable bonds is 3. The number of anilines is 1. The van der Waals surface area contributed by atoms with Crippen LogP contribution in [0, 0.1) is 24.7 Å². The van der Waals surface area contributed by atoms with Crippen LogP contribution in [0.1, 0.15) is 36.8 Å². The number of halogens is 2. The minimum atomic E-state index is -0.693. The van der Waals surface area contributed by atoms with Crippen molar-refractivity contribution in [3.63, 3.8) is 0 Å². The molecule has 1 heterocycles. The number of ketones is 2. The second-order valence-electron chi connectivity index (χ2n) is 10.7. The van der Waals surface area contributed by atoms with Gasteiger partial charge in [-0.2, -0.15) is 0 Å². The molecule has 4 aliphatic rings. The van der Waals surface area contributed by atoms with Gasteiger partial charge in [0.2, 0.25) is 11.8 Å². The predicted molar refractivity (Wildman–Crippen MR) is 152 cm³/mol. The third-order valence-electron chi connectivity index (χ3n) is 8.58. The zero-order chi connectivity index (χ0) is 28.6. The summed E-state index contributed by atoms with van der Waals surface area (Å²) in [6.45, 7) is 3.47. The molecule has 0 saturated carbocycles. The van der Waals surface area contributed by atoms with E-state index >= 15 is 0 Å². The number of amides is 2. The van der Waals surface area contributed by atoms with E-state index in [-0.39, 0.29) is 41.3 Å². The molecule has 2 amide bonds. The van der Waals surface area contributed by atoms with Gasteiger partial charge in [-0.1, -0.05) is 29.3 Å². The van der Waals surface area contributed by atoms with E-state index in [2.05, 4.69) is 15.9 Å². The second kappa shape index (κ2) is 9.56. The molecular formula is C31H25BrClNO6. The molecule has 0 bridgehead atoms. The van der Waals surface area contributed by atoms with Gasteiger partial charge in [-0.05, 0) is 90.0 Å². The molecular weight excluding hydrogens is 598 g/mol. The van der Waals surface area contributed by atoms with Gasteiger partial charge in [0.05, 0.1) is 29.1 Å². The number of aryl methyl sites for hydroxylation is 1. The Balaban J connectivity index is 1.50. The lowest BCUT2D eigenvalue weighted by molar-refractivity contribution is -0.123. The number of benzene rings is 2. The minimum absolute atomic E-state index is 0.0865. The Morgan fingerprint density at radius 3 is 2.50 bits per heavy atom. The molecule has 1 saturated heterocycles. The molecule has 2 aromatic rings. The van der Waals surface area contributed by atoms with Gasteiger partial charge in [-0.25, -0.2) is 4.90 Å². The summed E-state index contributed by atoms with van der Waals surface area (Å²) in [7, 11) is 1.43. The third-order valence-corrected chi connectivity index (χ3v) is 9.59. The normalized spacial score (nSPS) is 25.9. The molecule has 204 valence electrons. The van der Waals surface area contributed by atoms with E-state index in [4.69, 9.17) is 16.3 Å². The van der Waals surface area contributed by atoms with Gasteiger partial charge in [0.25, 0.3) is 0 Å². The smallest absolute Gasteiger partial charge is 0.238 e. The van der Waals surface area contributed by atoms with E-state index < -0.39 is 23.7 Å². The lowest BCUT2D eigenvalue weighted by Gasteiger charge is -2.42. The fourth-order valence-corrected chi connectivity index (χ4v) is 7.27. The maximum absolute atomic E-state index is 14.0. The molecule has 0 spiro atoms. The Morgan fingerprint density at radius 2 is 1.80 bits per heavy atom. The zero-order valence-electron chi connectivity index (χ0n) is 22.0. The highest BCUT2D eigenvalue weighted by molar-refractivity contribution is 9.10. The summed E-state index contributed by atoms with van der Waals surface area (Å²) in [6, 6.07) is 8.47. The van der Waals surface area contributed by atoms with Crippen molar-refractivity contribution in [3.05, 3.63) is 85.4 Å². The van der Waals surface area contributed by atoms with Crippen molar-refractivity contribution in [2.24, 2.45) is 17.8 Å². The summed E-state index contributed by atoms with van der Waals surface area (Å²) >= 11 is 9.71. The molecule has 0 unspecified atom stereocenters. The zero-order valence-corrected chi connectivity index (χ0v) is 24.3. The van der Waals surface area contributed by atoms with Gasteiger partial charge in [-0.15, -0.1) is 0 Å². The first-order chi connectivity index (χ1) is 19.0. The van der Waals surface area contributed by atoms with Crippen LogP contribution in [0.4, 0.5) is 5.69 Å². The van der Waals surface area contributed by atoms with E-state index in [1.807, 2.05) is 13.0 Å². The molecule has 6 rings (SSSR count). The van der Waals surface area contributed by atoms with E-state index in [9.17, 15) is 24.3 Å². The van der Waals surface area contributed by atoms with Crippen LogP contribution in [-0.2, 0) is 19.2 Å². The van der Waals surface area contributed by atoms with E-state index in [0.717, 1.165) is 11.1 Å². The SMILES string of the molecule is COc1cc([C@H]2C3=CC[C@@H]4C(=O)N(c5ccc(C)c(Cl)c5)C(=O)[C@@H]4[C@@H]3CC3=C2C(=O)C(C)=CC3=O)cc(Br)c1O. The molecule has 3 aliphatic carbocycles. The van der Waals surface area contributed by atoms with Crippen LogP contribution >= 0.6 is 27.5 Å². The summed E-state index contributed by atoms with van der Waals surface area (Å²) in [6.07, 6.45) is 3.81. The quantitative estimate of drug-likeness (QED) is 0.266. The first-order valence-electron chi connectivity index (χ1n) is 12.9. The number of hydrogen-bond donors (Lipinski definition) is 1. The minimum Gasteiger partial charge on any atom is -0.503 e. The van der Waals surface area contributed by atoms with E-state index in [1.165, 1.54) is 18.1 Å². The van der Waals surface area contributed by atoms with E-state index in [0.29, 0.717) is 43.9 Å². The van der Waals surface area contributed by atoms with Crippen LogP contribution in [0.5, 0.6) is 11.5 Å². The number of carbonyl (C=O) groups is 4. The van der Waals surface area contributed by atoms with Crippen LogP contribution < -0.4 is 9.64 Å². The molecule has 7 nitrogen and oxygen atoms in total. The number of aromatic hydroxyl groups is 1. The summed E-state index contributed by atoms with van der Waals surface area (Å²) in [4.78, 5) is 55.7. The van der Waals surface area contributed by atoms with Crippen molar-refractivity contribution >= 4 is 56.6 Å². The van der Waals surface area contributed by atoms with Crippen molar-refractivity contribution in [2.75, 3.05) is 12.0 Å². The maximum atomic E-state index is 14.0. The average Bonchev–Trinajstić information content (AvgIpc) is 3.19. The summed E-state index contributed by atoms with van der Waals surface area (Å²) in [5.41, 5.74) is 3.80. The molecule has 4 atom stereocenters. The molecule has 1 fully saturated rings. The van der Waals surface area contributed by atoms with Crippen LogP contribution in [0.15, 0.2) is 69.2 Å². The topological polar surface area (TPSA) is 101 Å². The Kier molecular flexibility index (Phi) is 6.39. The Morgan fingerprint density at radius 1 is 1.05 bits per heavy atom. The summed E-state index contributed by atoms with van der Waals surface area (Å²) in [5.74, 6) is -3.39. The largest absolute Gasteiger partial charge is 0.503 e. The number of methoxy groups -OCH3 is 1. The van der Waals surface area contributed by atoms with E-state index in [1.54, 1.807) is 37.3 Å². The maximum Gasteiger partial charge on any atom is 0.238 e. The standard InChI is InChI=1S/C31H25BrClNO6/c1-13-4-5-16(11-22(13)33)34-30(38)18-7-6-17-19(26(18)31(34)39)12-20-23(35)8-14(2)28(36)27(20)25(17)15-9-21(32)29(37)24(10-15)40-3/h4-6,8-11,18-19,25-26,37H,7,12H2,1-3H3/t18-,19+,25-,26-/m0/s1. The number of imide groups is 1. The fraction of sp³-hybridized carbons (Fsp3) is 0.290. The van der Waals surface area contributed by atoms with Gasteiger partial charge >= 0.3 is 0 Å². The van der Waals surface area contributed by atoms with Crippen LogP contribution in [0.25, 0.3) is 0 Å². The second-order valence-corrected chi connectivity index (χ2v) is 12.0. The number of fused-ring (bicyclic) bond motifs is 3. The fourth-order valence-electron chi connectivity index (χ4n) is 6.63. The number of phenolic OH excluding ortho intramolecular Hbond substituents is 1. The average molecular weight is 623 g/mol. The summed E-state index contributed by atoms with van der Waals surface area (Å²) < 4.78 is 5.76. The Hall–Kier alpha value is -3.49. The van der Waals surface area contributed by atoms with Crippen molar-refractivity contribution in [2.45, 2.75) is 32.6 Å². The monoisotopic (exact) mass is 621 g/mol. The lowest BCUT2D eigenvalue weighted by atomic mass is 9.59. The lowest BCUT2D eigenvalue weighted by Crippen LogP contribution is -2.39. The van der Waals surface area contributed by atoms with Gasteiger partial charge < -0.3 is 9.84 Å². The van der Waals surface area contributed by atoms with Crippen molar-refractivity contribution in [1.82, 2.24) is 0 Å². The number of nitrogens with zero attached hydrogens (tertiary/aromatic N) is 1. The van der Waals surface area contributed by atoms with Crippen LogP contribution in [-0.4, -0.2) is 35.6 Å². The molecule has 0 radical (unpaired) electrons. The predicted octanol–water partition coefficient (Wildman–Crippen LogP) is 5.76. The highest BCUT2D eigenvalue weighted by Crippen LogP contribution is 2.56. The van der Waals surface area contributed by atoms with Crippen molar-refractivity contribution in [3.8, 4) is 11.5 Å². The number of phenols is 1. The molecule has 40 heavy (non-hydrogen) atoms. The van der Waals surface area contributed by atoms with Crippen molar-refractivity contribution < 1.29 is 29.0 Å². The Bertz CT molecular complexity index is 1650. The number of hydrogen-bond acceptors (Lipinski definition) is 6.